The third-order valence-corrected chi connectivity index (χ3v) is 2.82. The van der Waals surface area contributed by atoms with Crippen LogP contribution in [0.4, 0.5) is 5.82 Å². The minimum atomic E-state index is 0.234. The smallest absolute Gasteiger partial charge is 0.137 e. The van der Waals surface area contributed by atoms with Crippen molar-refractivity contribution in [3.05, 3.63) is 18.3 Å². The lowest BCUT2D eigenvalue weighted by Gasteiger charge is -2.30. The Labute approximate surface area is 102 Å². The minimum Gasteiger partial charge on any atom is -0.495 e. The van der Waals surface area contributed by atoms with Crippen molar-refractivity contribution in [1.29, 1.82) is 0 Å². The lowest BCUT2D eigenvalue weighted by atomic mass is 10.3. The summed E-state index contributed by atoms with van der Waals surface area (Å²) in [6.07, 6.45) is 1.94. The number of methoxy groups -OCH3 is 1. The molecule has 0 aromatic carbocycles. The van der Waals surface area contributed by atoms with Crippen LogP contribution in [0.3, 0.4) is 0 Å². The van der Waals surface area contributed by atoms with Gasteiger partial charge in [-0.25, -0.2) is 4.98 Å². The number of likely N-dealkylation sites (N-methyl/N-ethyl adjacent to an activating group) is 1. The minimum absolute atomic E-state index is 0.234. The number of hydrogen-bond donors (Lipinski definition) is 1. The molecule has 1 aliphatic heterocycles. The molecule has 0 aliphatic carbocycles. The molecule has 2 heterocycles. The van der Waals surface area contributed by atoms with Crippen LogP contribution in [-0.4, -0.2) is 56.4 Å². The molecule has 1 aliphatic rings. The number of nitrogens with zero attached hydrogens (tertiary/aromatic N) is 2. The number of hydrogen-bond acceptors (Lipinski definition) is 5. The molecule has 0 saturated carbocycles. The summed E-state index contributed by atoms with van der Waals surface area (Å²) < 4.78 is 10.7. The zero-order chi connectivity index (χ0) is 12.1. The van der Waals surface area contributed by atoms with Gasteiger partial charge in [-0.1, -0.05) is 0 Å². The van der Waals surface area contributed by atoms with E-state index in [2.05, 4.69) is 22.2 Å². The van der Waals surface area contributed by atoms with E-state index < -0.39 is 0 Å². The fraction of sp³-hybridized carbons (Fsp3) is 0.583. The van der Waals surface area contributed by atoms with E-state index in [0.29, 0.717) is 0 Å². The van der Waals surface area contributed by atoms with E-state index in [-0.39, 0.29) is 6.10 Å². The van der Waals surface area contributed by atoms with Crippen molar-refractivity contribution in [2.75, 3.05) is 45.7 Å². The van der Waals surface area contributed by atoms with Crippen molar-refractivity contribution in [2.24, 2.45) is 0 Å². The molecule has 0 bridgehead atoms. The largest absolute Gasteiger partial charge is 0.495 e. The highest BCUT2D eigenvalue weighted by Gasteiger charge is 2.17. The lowest BCUT2D eigenvalue weighted by Crippen LogP contribution is -2.43. The van der Waals surface area contributed by atoms with E-state index in [9.17, 15) is 0 Å². The number of aromatic nitrogens is 1. The van der Waals surface area contributed by atoms with Crippen LogP contribution in [0, 0.1) is 0 Å². The zero-order valence-electron chi connectivity index (χ0n) is 10.3. The summed E-state index contributed by atoms with van der Waals surface area (Å²) in [6.45, 7) is 3.56. The summed E-state index contributed by atoms with van der Waals surface area (Å²) in [5, 5.41) is 3.27. The van der Waals surface area contributed by atoms with Crippen LogP contribution in [0.25, 0.3) is 0 Å². The van der Waals surface area contributed by atoms with Crippen LogP contribution < -0.4 is 10.1 Å². The van der Waals surface area contributed by atoms with Crippen molar-refractivity contribution in [3.63, 3.8) is 0 Å². The zero-order valence-corrected chi connectivity index (χ0v) is 10.3. The van der Waals surface area contributed by atoms with Crippen LogP contribution >= 0.6 is 0 Å². The quantitative estimate of drug-likeness (QED) is 0.840. The topological polar surface area (TPSA) is 46.6 Å². The normalized spacial score (nSPS) is 21.2. The first-order valence-electron chi connectivity index (χ1n) is 5.82. The Bertz CT molecular complexity index is 342. The Morgan fingerprint density at radius 3 is 3.12 bits per heavy atom. The van der Waals surface area contributed by atoms with Gasteiger partial charge in [0.1, 0.15) is 11.6 Å². The summed E-state index contributed by atoms with van der Waals surface area (Å²) in [7, 11) is 3.75. The highest BCUT2D eigenvalue weighted by Crippen LogP contribution is 2.11. The molecule has 2 rings (SSSR count). The molecule has 0 spiro atoms. The van der Waals surface area contributed by atoms with Crippen molar-refractivity contribution < 1.29 is 9.47 Å². The number of nitrogens with one attached hydrogen (secondary N) is 1. The maximum absolute atomic E-state index is 5.66. The average Bonchev–Trinajstić information content (AvgIpc) is 2.37. The van der Waals surface area contributed by atoms with Crippen LogP contribution in [0.5, 0.6) is 5.75 Å². The fourth-order valence-electron chi connectivity index (χ4n) is 1.81. The Morgan fingerprint density at radius 2 is 2.47 bits per heavy atom. The molecular formula is C12H19N3O2. The molecule has 0 amide bonds. The predicted molar refractivity (Wildman–Crippen MR) is 66.5 cm³/mol. The van der Waals surface area contributed by atoms with Gasteiger partial charge in [-0.15, -0.1) is 0 Å². The summed E-state index contributed by atoms with van der Waals surface area (Å²) in [5.74, 6) is 1.62. The summed E-state index contributed by atoms with van der Waals surface area (Å²) in [6, 6.07) is 3.80. The second kappa shape index (κ2) is 5.84. The third kappa shape index (κ3) is 3.57. The third-order valence-electron chi connectivity index (χ3n) is 2.82. The molecule has 1 fully saturated rings. The van der Waals surface area contributed by atoms with Gasteiger partial charge in [0.05, 0.1) is 26.0 Å². The van der Waals surface area contributed by atoms with E-state index in [1.54, 1.807) is 13.3 Å². The van der Waals surface area contributed by atoms with E-state index >= 15 is 0 Å². The molecule has 1 aromatic heterocycles. The van der Waals surface area contributed by atoms with E-state index in [4.69, 9.17) is 9.47 Å². The molecule has 1 saturated heterocycles. The molecule has 5 heteroatoms. The lowest BCUT2D eigenvalue weighted by molar-refractivity contribution is -0.0117. The van der Waals surface area contributed by atoms with Gasteiger partial charge < -0.3 is 19.7 Å². The number of ether oxygens (including phenoxy) is 2. The first-order chi connectivity index (χ1) is 8.28. The van der Waals surface area contributed by atoms with Crippen molar-refractivity contribution in [3.8, 4) is 5.75 Å². The Hall–Kier alpha value is -1.33. The fourth-order valence-corrected chi connectivity index (χ4v) is 1.81. The van der Waals surface area contributed by atoms with Gasteiger partial charge >= 0.3 is 0 Å². The predicted octanol–water partition coefficient (Wildman–Crippen LogP) is 0.833. The summed E-state index contributed by atoms with van der Waals surface area (Å²) in [4.78, 5) is 6.52. The van der Waals surface area contributed by atoms with Crippen LogP contribution in [0.15, 0.2) is 18.3 Å². The number of pyridine rings is 1. The Balaban J connectivity index is 1.80. The second-order valence-electron chi connectivity index (χ2n) is 4.22. The van der Waals surface area contributed by atoms with Crippen LogP contribution in [0.2, 0.25) is 0 Å². The molecule has 1 N–H and O–H groups in total. The van der Waals surface area contributed by atoms with Crippen LogP contribution in [-0.2, 0) is 4.74 Å². The standard InChI is InChI=1S/C12H19N3O2/c1-15-5-6-17-11(9-15)8-14-12-4-3-10(16-2)7-13-12/h3-4,7,11H,5-6,8-9H2,1-2H3,(H,13,14). The molecular weight excluding hydrogens is 218 g/mol. The van der Waals surface area contributed by atoms with Crippen molar-refractivity contribution >= 4 is 5.82 Å². The highest BCUT2D eigenvalue weighted by molar-refractivity contribution is 5.37. The molecule has 1 aromatic rings. The Kier molecular flexibility index (Phi) is 4.17. The second-order valence-corrected chi connectivity index (χ2v) is 4.22. The van der Waals surface area contributed by atoms with Gasteiger partial charge in [-0.2, -0.15) is 0 Å². The van der Waals surface area contributed by atoms with Crippen LogP contribution in [0.1, 0.15) is 0 Å². The average molecular weight is 237 g/mol. The van der Waals surface area contributed by atoms with Gasteiger partial charge in [0, 0.05) is 19.6 Å². The molecule has 94 valence electrons. The highest BCUT2D eigenvalue weighted by atomic mass is 16.5. The molecule has 1 unspecified atom stereocenters. The SMILES string of the molecule is COc1ccc(NCC2CN(C)CCO2)nc1. The molecule has 17 heavy (non-hydrogen) atoms. The summed E-state index contributed by atoms with van der Waals surface area (Å²) in [5.41, 5.74) is 0. The maximum atomic E-state index is 5.66. The van der Waals surface area contributed by atoms with E-state index in [0.717, 1.165) is 37.8 Å². The van der Waals surface area contributed by atoms with Gasteiger partial charge in [-0.05, 0) is 19.2 Å². The van der Waals surface area contributed by atoms with Crippen molar-refractivity contribution in [2.45, 2.75) is 6.10 Å². The number of anilines is 1. The van der Waals surface area contributed by atoms with Gasteiger partial charge in [0.25, 0.3) is 0 Å². The molecule has 1 atom stereocenters. The first-order valence-corrected chi connectivity index (χ1v) is 5.82. The molecule has 0 radical (unpaired) electrons. The van der Waals surface area contributed by atoms with E-state index in [1.807, 2.05) is 12.1 Å². The maximum Gasteiger partial charge on any atom is 0.137 e. The number of rotatable bonds is 4. The molecule has 5 nitrogen and oxygen atoms in total. The van der Waals surface area contributed by atoms with Gasteiger partial charge in [0.2, 0.25) is 0 Å². The van der Waals surface area contributed by atoms with Crippen molar-refractivity contribution in [1.82, 2.24) is 9.88 Å². The van der Waals surface area contributed by atoms with Gasteiger partial charge in [0.15, 0.2) is 0 Å². The number of morpholine rings is 1. The van der Waals surface area contributed by atoms with Gasteiger partial charge in [-0.3, -0.25) is 0 Å². The Morgan fingerprint density at radius 1 is 1.59 bits per heavy atom. The summed E-state index contributed by atoms with van der Waals surface area (Å²) >= 11 is 0. The van der Waals surface area contributed by atoms with E-state index in [1.165, 1.54) is 0 Å². The monoisotopic (exact) mass is 237 g/mol. The first kappa shape index (κ1) is 12.1.